The Balaban J connectivity index is 2.51. The number of alkyl halides is 1. The number of hydrogen-bond acceptors (Lipinski definition) is 2. The fourth-order valence-electron chi connectivity index (χ4n) is 0.605. The monoisotopic (exact) mass is 171 g/mol. The summed E-state index contributed by atoms with van der Waals surface area (Å²) in [5.41, 5.74) is 0. The maximum atomic E-state index is 5.55. The fraction of sp³-hybridized carbons (Fsp3) is 0.250. The van der Waals surface area contributed by atoms with Gasteiger partial charge in [-0.05, 0) is 29.8 Å². The summed E-state index contributed by atoms with van der Waals surface area (Å²) in [6.07, 6.45) is 0. The molecule has 0 aliphatic carbocycles. The lowest BCUT2D eigenvalue weighted by molar-refractivity contribution is 0.0119. The van der Waals surface area contributed by atoms with Gasteiger partial charge in [-0.3, -0.25) is 0 Å². The molecule has 0 N–H and O–H groups in total. The van der Waals surface area contributed by atoms with Crippen molar-refractivity contribution in [2.24, 2.45) is 0 Å². The van der Waals surface area contributed by atoms with Crippen molar-refractivity contribution >= 4 is 11.6 Å². The van der Waals surface area contributed by atoms with Crippen LogP contribution in [0.25, 0.3) is 0 Å². The molecule has 0 aromatic heterocycles. The van der Waals surface area contributed by atoms with E-state index in [9.17, 15) is 0 Å². The minimum atomic E-state index is -0.725. The molecule has 1 rings (SSSR count). The SMILES string of the molecule is COC(Cl)Oc1cc[c]cc1. The second-order valence-corrected chi connectivity index (χ2v) is 2.22. The first kappa shape index (κ1) is 8.37. The van der Waals surface area contributed by atoms with Gasteiger partial charge in [-0.1, -0.05) is 12.1 Å². The molecule has 1 aromatic rings. The standard InChI is InChI=1S/C8H8ClO2/c1-10-8(9)11-7-5-3-2-4-6-7/h3-6,8H,1H3. The molecule has 11 heavy (non-hydrogen) atoms. The molecular formula is C8H8ClO2. The van der Waals surface area contributed by atoms with E-state index in [1.165, 1.54) is 7.11 Å². The van der Waals surface area contributed by atoms with Crippen molar-refractivity contribution in [3.63, 3.8) is 0 Å². The van der Waals surface area contributed by atoms with Gasteiger partial charge in [0, 0.05) is 7.11 Å². The van der Waals surface area contributed by atoms with Gasteiger partial charge in [0.2, 0.25) is 0 Å². The maximum Gasteiger partial charge on any atom is 0.279 e. The largest absolute Gasteiger partial charge is 0.451 e. The molecule has 0 spiro atoms. The molecule has 0 aliphatic rings. The number of methoxy groups -OCH3 is 1. The molecule has 1 radical (unpaired) electrons. The molecule has 0 fully saturated rings. The van der Waals surface area contributed by atoms with Crippen molar-refractivity contribution in [3.8, 4) is 5.75 Å². The normalized spacial score (nSPS) is 12.5. The number of ether oxygens (including phenoxy) is 2. The molecular weight excluding hydrogens is 164 g/mol. The van der Waals surface area contributed by atoms with Crippen LogP contribution in [0, 0.1) is 6.07 Å². The first-order chi connectivity index (χ1) is 5.33. The molecule has 1 atom stereocenters. The first-order valence-corrected chi connectivity index (χ1v) is 3.56. The zero-order chi connectivity index (χ0) is 8.10. The summed E-state index contributed by atoms with van der Waals surface area (Å²) in [5.74, 6) is -0.0528. The third kappa shape index (κ3) is 2.78. The average Bonchev–Trinajstić information content (AvgIpc) is 2.06. The predicted octanol–water partition coefficient (Wildman–Crippen LogP) is 2.03. The molecule has 0 amide bonds. The second kappa shape index (κ2) is 4.21. The van der Waals surface area contributed by atoms with E-state index in [4.69, 9.17) is 16.3 Å². The lowest BCUT2D eigenvalue weighted by Gasteiger charge is -2.09. The molecule has 1 unspecified atom stereocenters. The molecule has 59 valence electrons. The van der Waals surface area contributed by atoms with Crippen LogP contribution in [-0.2, 0) is 4.74 Å². The lowest BCUT2D eigenvalue weighted by Crippen LogP contribution is -2.10. The highest BCUT2D eigenvalue weighted by Crippen LogP contribution is 2.12. The molecule has 0 aliphatic heterocycles. The van der Waals surface area contributed by atoms with Gasteiger partial charge in [0.05, 0.1) is 0 Å². The number of halogens is 1. The zero-order valence-corrected chi connectivity index (χ0v) is 6.84. The molecule has 2 nitrogen and oxygen atoms in total. The second-order valence-electron chi connectivity index (χ2n) is 1.86. The summed E-state index contributed by atoms with van der Waals surface area (Å²) >= 11 is 5.55. The van der Waals surface area contributed by atoms with Crippen molar-refractivity contribution in [1.82, 2.24) is 0 Å². The van der Waals surface area contributed by atoms with Crippen LogP contribution in [0.3, 0.4) is 0 Å². The van der Waals surface area contributed by atoms with Crippen LogP contribution >= 0.6 is 11.6 Å². The number of benzene rings is 1. The van der Waals surface area contributed by atoms with Gasteiger partial charge in [0.1, 0.15) is 5.75 Å². The van der Waals surface area contributed by atoms with Gasteiger partial charge >= 0.3 is 0 Å². The average molecular weight is 172 g/mol. The maximum absolute atomic E-state index is 5.55. The van der Waals surface area contributed by atoms with E-state index in [1.807, 2.05) is 0 Å². The van der Waals surface area contributed by atoms with Crippen LogP contribution in [0.5, 0.6) is 5.75 Å². The molecule has 0 heterocycles. The van der Waals surface area contributed by atoms with Crippen molar-refractivity contribution in [1.29, 1.82) is 0 Å². The van der Waals surface area contributed by atoms with Gasteiger partial charge in [0.25, 0.3) is 5.75 Å². The Labute approximate surface area is 70.7 Å². The van der Waals surface area contributed by atoms with Gasteiger partial charge in [-0.15, -0.1) is 0 Å². The van der Waals surface area contributed by atoms with Crippen molar-refractivity contribution in [3.05, 3.63) is 30.3 Å². The van der Waals surface area contributed by atoms with E-state index < -0.39 is 5.75 Å². The van der Waals surface area contributed by atoms with E-state index in [0.717, 1.165) is 0 Å². The minimum absolute atomic E-state index is 0.672. The molecule has 0 bridgehead atoms. The van der Waals surface area contributed by atoms with Gasteiger partial charge in [-0.25, -0.2) is 0 Å². The number of rotatable bonds is 3. The summed E-state index contributed by atoms with van der Waals surface area (Å²) in [4.78, 5) is 0. The first-order valence-electron chi connectivity index (χ1n) is 3.12. The van der Waals surface area contributed by atoms with Gasteiger partial charge in [-0.2, -0.15) is 0 Å². The molecule has 3 heteroatoms. The Bertz CT molecular complexity index is 201. The van der Waals surface area contributed by atoms with Crippen molar-refractivity contribution in [2.45, 2.75) is 5.75 Å². The van der Waals surface area contributed by atoms with E-state index >= 15 is 0 Å². The Morgan fingerprint density at radius 2 is 2.09 bits per heavy atom. The van der Waals surface area contributed by atoms with Gasteiger partial charge < -0.3 is 9.47 Å². The highest BCUT2D eigenvalue weighted by atomic mass is 35.5. The predicted molar refractivity (Wildman–Crippen MR) is 42.6 cm³/mol. The van der Waals surface area contributed by atoms with Crippen LogP contribution in [0.1, 0.15) is 0 Å². The molecule has 1 aromatic carbocycles. The Hall–Kier alpha value is -0.730. The van der Waals surface area contributed by atoms with Crippen molar-refractivity contribution in [2.75, 3.05) is 7.11 Å². The zero-order valence-electron chi connectivity index (χ0n) is 6.08. The highest BCUT2D eigenvalue weighted by molar-refractivity contribution is 6.18. The van der Waals surface area contributed by atoms with E-state index in [1.54, 1.807) is 24.3 Å². The summed E-state index contributed by atoms with van der Waals surface area (Å²) in [5, 5.41) is 0. The Kier molecular flexibility index (Phi) is 3.20. The third-order valence-electron chi connectivity index (χ3n) is 1.10. The number of hydrogen-bond donors (Lipinski definition) is 0. The lowest BCUT2D eigenvalue weighted by atomic mass is 10.3. The van der Waals surface area contributed by atoms with Crippen LogP contribution in [0.15, 0.2) is 24.3 Å². The summed E-state index contributed by atoms with van der Waals surface area (Å²) in [6, 6.07) is 9.87. The van der Waals surface area contributed by atoms with E-state index in [2.05, 4.69) is 10.8 Å². The van der Waals surface area contributed by atoms with Crippen LogP contribution in [0.2, 0.25) is 0 Å². The minimum Gasteiger partial charge on any atom is -0.451 e. The quantitative estimate of drug-likeness (QED) is 0.512. The Morgan fingerprint density at radius 3 is 2.64 bits per heavy atom. The highest BCUT2D eigenvalue weighted by Gasteiger charge is 2.01. The molecule has 0 saturated heterocycles. The fourth-order valence-corrected chi connectivity index (χ4v) is 0.708. The van der Waals surface area contributed by atoms with Crippen LogP contribution < -0.4 is 4.74 Å². The summed E-state index contributed by atoms with van der Waals surface area (Å²) < 4.78 is 9.77. The van der Waals surface area contributed by atoms with Gasteiger partial charge in [0.15, 0.2) is 0 Å². The summed E-state index contributed by atoms with van der Waals surface area (Å²) in [6.45, 7) is 0. The Morgan fingerprint density at radius 1 is 1.45 bits per heavy atom. The molecule has 0 saturated carbocycles. The topological polar surface area (TPSA) is 18.5 Å². The summed E-state index contributed by atoms with van der Waals surface area (Å²) in [7, 11) is 1.48. The third-order valence-corrected chi connectivity index (χ3v) is 1.37. The van der Waals surface area contributed by atoms with Crippen LogP contribution in [0.4, 0.5) is 0 Å². The van der Waals surface area contributed by atoms with Crippen molar-refractivity contribution < 1.29 is 9.47 Å². The van der Waals surface area contributed by atoms with Crippen LogP contribution in [-0.4, -0.2) is 12.9 Å². The smallest absolute Gasteiger partial charge is 0.279 e. The van der Waals surface area contributed by atoms with E-state index in [0.29, 0.717) is 5.75 Å². The van der Waals surface area contributed by atoms with E-state index in [-0.39, 0.29) is 0 Å².